The normalized spacial score (nSPS) is 16.4. The third-order valence-corrected chi connectivity index (χ3v) is 3.65. The van der Waals surface area contributed by atoms with E-state index in [-0.39, 0.29) is 17.7 Å². The smallest absolute Gasteiger partial charge is 0.329 e. The van der Waals surface area contributed by atoms with Crippen molar-refractivity contribution in [1.29, 1.82) is 0 Å². The lowest BCUT2D eigenvalue weighted by Gasteiger charge is -2.22. The van der Waals surface area contributed by atoms with Gasteiger partial charge in [0, 0.05) is 18.2 Å². The van der Waals surface area contributed by atoms with Gasteiger partial charge in [-0.15, -0.1) is 0 Å². The van der Waals surface area contributed by atoms with Crippen LogP contribution in [0.25, 0.3) is 0 Å². The number of hydrogen-bond donors (Lipinski definition) is 1. The first-order valence-electron chi connectivity index (χ1n) is 7.07. The standard InChI is InChI=1S/C16H19NO7/c1-21-12-5-9(6-13(22-2)14(12)23-3)15(19)17-8-10(18)7-11(17)16(20)24-4/h5-6,8,11,18H,7H2,1-4H3/t11-/m0/s1. The highest BCUT2D eigenvalue weighted by atomic mass is 16.5. The average molecular weight is 337 g/mol. The van der Waals surface area contributed by atoms with Gasteiger partial charge in [-0.3, -0.25) is 9.69 Å². The molecule has 0 bridgehead atoms. The molecule has 1 amide bonds. The SMILES string of the molecule is COC(=O)[C@@H]1CC(O)=CN1C(=O)c1cc(OC)c(OC)c(OC)c1. The third-order valence-electron chi connectivity index (χ3n) is 3.65. The van der Waals surface area contributed by atoms with Gasteiger partial charge in [-0.25, -0.2) is 4.79 Å². The molecule has 0 spiro atoms. The van der Waals surface area contributed by atoms with Crippen molar-refractivity contribution in [2.45, 2.75) is 12.5 Å². The van der Waals surface area contributed by atoms with Crippen molar-refractivity contribution < 1.29 is 33.6 Å². The van der Waals surface area contributed by atoms with Crippen LogP contribution in [0.3, 0.4) is 0 Å². The zero-order chi connectivity index (χ0) is 17.9. The molecule has 1 aliphatic rings. The summed E-state index contributed by atoms with van der Waals surface area (Å²) in [5.74, 6) is -0.235. The van der Waals surface area contributed by atoms with Gasteiger partial charge in [0.15, 0.2) is 11.5 Å². The van der Waals surface area contributed by atoms with Crippen LogP contribution in [0.5, 0.6) is 17.2 Å². The predicted octanol–water partition coefficient (Wildman–Crippen LogP) is 1.50. The lowest BCUT2D eigenvalue weighted by Crippen LogP contribution is -2.39. The Kier molecular flexibility index (Phi) is 5.18. The van der Waals surface area contributed by atoms with E-state index in [2.05, 4.69) is 4.74 Å². The number of hydrogen-bond acceptors (Lipinski definition) is 7. The summed E-state index contributed by atoms with van der Waals surface area (Å²) in [5.41, 5.74) is 0.212. The van der Waals surface area contributed by atoms with Crippen LogP contribution in [0.1, 0.15) is 16.8 Å². The van der Waals surface area contributed by atoms with Gasteiger partial charge >= 0.3 is 5.97 Å². The van der Waals surface area contributed by atoms with Gasteiger partial charge in [0.1, 0.15) is 11.8 Å². The minimum absolute atomic E-state index is 0.00282. The predicted molar refractivity (Wildman–Crippen MR) is 83.4 cm³/mol. The number of aliphatic hydroxyl groups excluding tert-OH is 1. The number of nitrogens with zero attached hydrogens (tertiary/aromatic N) is 1. The Balaban J connectivity index is 2.43. The fourth-order valence-electron chi connectivity index (χ4n) is 2.49. The number of esters is 1. The van der Waals surface area contributed by atoms with Crippen molar-refractivity contribution in [2.24, 2.45) is 0 Å². The van der Waals surface area contributed by atoms with Crippen LogP contribution in [0.2, 0.25) is 0 Å². The molecule has 8 heteroatoms. The molecule has 24 heavy (non-hydrogen) atoms. The average Bonchev–Trinajstić information content (AvgIpc) is 3.00. The summed E-state index contributed by atoms with van der Waals surface area (Å²) >= 11 is 0. The van der Waals surface area contributed by atoms with Gasteiger partial charge in [-0.1, -0.05) is 0 Å². The number of methoxy groups -OCH3 is 4. The Bertz CT molecular complexity index is 658. The first-order chi connectivity index (χ1) is 11.5. The molecule has 1 aromatic rings. The van der Waals surface area contributed by atoms with Crippen molar-refractivity contribution in [3.63, 3.8) is 0 Å². The summed E-state index contributed by atoms with van der Waals surface area (Å²) < 4.78 is 20.3. The maximum absolute atomic E-state index is 12.8. The maximum atomic E-state index is 12.8. The number of carbonyl (C=O) groups excluding carboxylic acids is 2. The highest BCUT2D eigenvalue weighted by Gasteiger charge is 2.36. The van der Waals surface area contributed by atoms with Crippen LogP contribution in [-0.2, 0) is 9.53 Å². The largest absolute Gasteiger partial charge is 0.511 e. The Hall–Kier alpha value is -2.90. The second kappa shape index (κ2) is 7.12. The number of amides is 1. The summed E-state index contributed by atoms with van der Waals surface area (Å²) in [6, 6.07) is 2.03. The lowest BCUT2D eigenvalue weighted by molar-refractivity contribution is -0.144. The van der Waals surface area contributed by atoms with Gasteiger partial charge in [-0.05, 0) is 12.1 Å². The molecule has 1 atom stereocenters. The van der Waals surface area contributed by atoms with E-state index in [1.54, 1.807) is 0 Å². The molecule has 8 nitrogen and oxygen atoms in total. The minimum atomic E-state index is -0.915. The van der Waals surface area contributed by atoms with Crippen LogP contribution < -0.4 is 14.2 Å². The molecule has 0 radical (unpaired) electrons. The molecule has 1 heterocycles. The molecule has 1 aliphatic heterocycles. The zero-order valence-electron chi connectivity index (χ0n) is 13.9. The number of ether oxygens (including phenoxy) is 4. The Morgan fingerprint density at radius 1 is 1.08 bits per heavy atom. The van der Waals surface area contributed by atoms with Gasteiger partial charge in [-0.2, -0.15) is 0 Å². The van der Waals surface area contributed by atoms with Crippen molar-refractivity contribution in [1.82, 2.24) is 4.90 Å². The number of carbonyl (C=O) groups is 2. The first-order valence-corrected chi connectivity index (χ1v) is 7.07. The molecule has 1 aromatic carbocycles. The van der Waals surface area contributed by atoms with Crippen LogP contribution in [-0.4, -0.2) is 56.4 Å². The number of benzene rings is 1. The highest BCUT2D eigenvalue weighted by molar-refractivity contribution is 5.99. The molecule has 1 N–H and O–H groups in total. The van der Waals surface area contributed by atoms with E-state index in [0.29, 0.717) is 17.2 Å². The van der Waals surface area contributed by atoms with Crippen molar-refractivity contribution in [3.05, 3.63) is 29.7 Å². The van der Waals surface area contributed by atoms with Gasteiger partial charge in [0.25, 0.3) is 5.91 Å². The van der Waals surface area contributed by atoms with Gasteiger partial charge < -0.3 is 24.1 Å². The van der Waals surface area contributed by atoms with Crippen LogP contribution in [0, 0.1) is 0 Å². The molecule has 0 unspecified atom stereocenters. The summed E-state index contributed by atoms with van der Waals surface area (Å²) in [7, 11) is 5.55. The van der Waals surface area contributed by atoms with E-state index in [1.807, 2.05) is 0 Å². The molecule has 0 fully saturated rings. The molecule has 0 saturated heterocycles. The Morgan fingerprint density at radius 3 is 2.12 bits per heavy atom. The van der Waals surface area contributed by atoms with Gasteiger partial charge in [0.2, 0.25) is 5.75 Å². The molecule has 0 aliphatic carbocycles. The second-order valence-corrected chi connectivity index (χ2v) is 4.99. The van der Waals surface area contributed by atoms with Gasteiger partial charge in [0.05, 0.1) is 28.4 Å². The van der Waals surface area contributed by atoms with Crippen molar-refractivity contribution in [2.75, 3.05) is 28.4 Å². The molecular formula is C16H19NO7. The number of aliphatic hydroxyl groups is 1. The van der Waals surface area contributed by atoms with E-state index in [1.165, 1.54) is 46.8 Å². The second-order valence-electron chi connectivity index (χ2n) is 4.99. The summed E-state index contributed by atoms with van der Waals surface area (Å²) in [5, 5.41) is 9.68. The number of rotatable bonds is 5. The fraction of sp³-hybridized carbons (Fsp3) is 0.375. The monoisotopic (exact) mass is 337 g/mol. The molecule has 130 valence electrons. The maximum Gasteiger partial charge on any atom is 0.329 e. The quantitative estimate of drug-likeness (QED) is 0.814. The van der Waals surface area contributed by atoms with E-state index in [4.69, 9.17) is 14.2 Å². The van der Waals surface area contributed by atoms with E-state index in [9.17, 15) is 14.7 Å². The Labute approximate surface area is 139 Å². The Morgan fingerprint density at radius 2 is 1.67 bits per heavy atom. The van der Waals surface area contributed by atoms with Crippen LogP contribution in [0.15, 0.2) is 24.1 Å². The summed E-state index contributed by atoms with van der Waals surface area (Å²) in [6.07, 6.45) is 1.22. The molecule has 0 aromatic heterocycles. The van der Waals surface area contributed by atoms with Crippen LogP contribution >= 0.6 is 0 Å². The molecular weight excluding hydrogens is 318 g/mol. The third kappa shape index (κ3) is 3.08. The minimum Gasteiger partial charge on any atom is -0.511 e. The van der Waals surface area contributed by atoms with E-state index < -0.39 is 17.9 Å². The molecule has 0 saturated carbocycles. The first kappa shape index (κ1) is 17.5. The summed E-state index contributed by atoms with van der Waals surface area (Å²) in [4.78, 5) is 25.7. The highest BCUT2D eigenvalue weighted by Crippen LogP contribution is 2.39. The van der Waals surface area contributed by atoms with Crippen molar-refractivity contribution >= 4 is 11.9 Å². The zero-order valence-corrected chi connectivity index (χ0v) is 13.9. The van der Waals surface area contributed by atoms with E-state index in [0.717, 1.165) is 4.90 Å². The van der Waals surface area contributed by atoms with E-state index >= 15 is 0 Å². The fourth-order valence-corrected chi connectivity index (χ4v) is 2.49. The van der Waals surface area contributed by atoms with Crippen molar-refractivity contribution in [3.8, 4) is 17.2 Å². The summed E-state index contributed by atoms with van der Waals surface area (Å²) in [6.45, 7) is 0. The lowest BCUT2D eigenvalue weighted by atomic mass is 10.1. The topological polar surface area (TPSA) is 94.5 Å². The molecule has 2 rings (SSSR count). The van der Waals surface area contributed by atoms with Crippen LogP contribution in [0.4, 0.5) is 0 Å².